The number of carbonyl (C=O) groups is 1. The first-order valence-electron chi connectivity index (χ1n) is 10.7. The summed E-state index contributed by atoms with van der Waals surface area (Å²) in [7, 11) is 2.96. The molecule has 0 unspecified atom stereocenters. The molecular weight excluding hydrogens is 428 g/mol. The average molecular weight is 455 g/mol. The molecule has 0 radical (unpaired) electrons. The summed E-state index contributed by atoms with van der Waals surface area (Å²) in [6.45, 7) is 5.08. The summed E-state index contributed by atoms with van der Waals surface area (Å²) in [4.78, 5) is 30.2. The van der Waals surface area contributed by atoms with E-state index in [1.807, 2.05) is 12.1 Å². The second-order valence-corrected chi connectivity index (χ2v) is 9.10. The standard InChI is InChI=1S/C23H27ClN6O2/c1-16-11-23(15-30(16)18-5-4-17(12-25)20(24)10-18)6-8-29(9-7-23)19-13-26-21(27-14-19)22(31)28(2)32-3/h4-5,10,13-14,16H,6-9,11,15H2,1-3H3/t16-/m0/s1. The van der Waals surface area contributed by atoms with Gasteiger partial charge in [0.1, 0.15) is 6.07 Å². The fourth-order valence-electron chi connectivity index (χ4n) is 4.86. The summed E-state index contributed by atoms with van der Waals surface area (Å²) < 4.78 is 0. The van der Waals surface area contributed by atoms with E-state index in [0.29, 0.717) is 16.6 Å². The number of nitrogens with zero attached hydrogens (tertiary/aromatic N) is 6. The van der Waals surface area contributed by atoms with E-state index in [9.17, 15) is 4.79 Å². The van der Waals surface area contributed by atoms with Gasteiger partial charge in [-0.05, 0) is 49.8 Å². The fraction of sp³-hybridized carbons (Fsp3) is 0.478. The minimum atomic E-state index is -0.375. The van der Waals surface area contributed by atoms with E-state index in [1.165, 1.54) is 14.2 Å². The summed E-state index contributed by atoms with van der Waals surface area (Å²) in [5.74, 6) is -0.257. The van der Waals surface area contributed by atoms with E-state index < -0.39 is 0 Å². The van der Waals surface area contributed by atoms with Crippen LogP contribution in [0.5, 0.6) is 0 Å². The van der Waals surface area contributed by atoms with Gasteiger partial charge in [0.25, 0.3) is 0 Å². The molecule has 2 saturated heterocycles. The Kier molecular flexibility index (Phi) is 6.22. The monoisotopic (exact) mass is 454 g/mol. The number of hydrogen-bond donors (Lipinski definition) is 0. The van der Waals surface area contributed by atoms with Crippen molar-refractivity contribution < 1.29 is 9.63 Å². The number of amides is 1. The molecule has 0 bridgehead atoms. The van der Waals surface area contributed by atoms with Crippen molar-refractivity contribution in [3.05, 3.63) is 47.0 Å². The Hall–Kier alpha value is -2.89. The van der Waals surface area contributed by atoms with Crippen LogP contribution in [-0.2, 0) is 4.84 Å². The number of hydrogen-bond acceptors (Lipinski definition) is 7. The first kappa shape index (κ1) is 22.3. The molecule has 3 heterocycles. The van der Waals surface area contributed by atoms with Crippen LogP contribution in [0, 0.1) is 16.7 Å². The third-order valence-corrected chi connectivity index (χ3v) is 7.06. The molecule has 1 aromatic heterocycles. The topological polar surface area (TPSA) is 85.6 Å². The van der Waals surface area contributed by atoms with Crippen LogP contribution in [-0.4, -0.2) is 60.8 Å². The molecule has 4 rings (SSSR count). The first-order valence-corrected chi connectivity index (χ1v) is 11.1. The molecule has 0 aliphatic carbocycles. The van der Waals surface area contributed by atoms with Crippen molar-refractivity contribution in [1.82, 2.24) is 15.0 Å². The van der Waals surface area contributed by atoms with E-state index in [-0.39, 0.29) is 17.1 Å². The predicted molar refractivity (Wildman–Crippen MR) is 123 cm³/mol. The number of nitriles is 1. The van der Waals surface area contributed by atoms with Crippen LogP contribution in [0.4, 0.5) is 11.4 Å². The van der Waals surface area contributed by atoms with E-state index >= 15 is 0 Å². The van der Waals surface area contributed by atoms with Gasteiger partial charge in [0.15, 0.2) is 0 Å². The van der Waals surface area contributed by atoms with Crippen molar-refractivity contribution in [3.8, 4) is 6.07 Å². The molecule has 2 aliphatic heterocycles. The highest BCUT2D eigenvalue weighted by Gasteiger charge is 2.44. The Bertz CT molecular complexity index is 1030. The van der Waals surface area contributed by atoms with E-state index in [0.717, 1.165) is 55.3 Å². The second kappa shape index (κ2) is 8.93. The van der Waals surface area contributed by atoms with Crippen molar-refractivity contribution in [1.29, 1.82) is 5.26 Å². The highest BCUT2D eigenvalue weighted by molar-refractivity contribution is 6.32. The number of rotatable bonds is 4. The van der Waals surface area contributed by atoms with Crippen molar-refractivity contribution in [2.45, 2.75) is 32.2 Å². The number of benzene rings is 1. The van der Waals surface area contributed by atoms with E-state index in [1.54, 1.807) is 18.5 Å². The lowest BCUT2D eigenvalue weighted by atomic mass is 9.76. The third kappa shape index (κ3) is 4.23. The van der Waals surface area contributed by atoms with Crippen LogP contribution in [0.15, 0.2) is 30.6 Å². The highest BCUT2D eigenvalue weighted by Crippen LogP contribution is 2.45. The SMILES string of the molecule is CON(C)C(=O)c1ncc(N2CCC3(CC2)C[C@H](C)N(c2ccc(C#N)c(Cl)c2)C3)cn1. The molecular formula is C23H27ClN6O2. The van der Waals surface area contributed by atoms with Crippen molar-refractivity contribution in [2.24, 2.45) is 5.41 Å². The Morgan fingerprint density at radius 3 is 2.56 bits per heavy atom. The minimum absolute atomic E-state index is 0.118. The first-order chi connectivity index (χ1) is 15.4. The van der Waals surface area contributed by atoms with Gasteiger partial charge >= 0.3 is 5.91 Å². The Balaban J connectivity index is 1.41. The molecule has 0 N–H and O–H groups in total. The summed E-state index contributed by atoms with van der Waals surface area (Å²) in [5, 5.41) is 10.7. The van der Waals surface area contributed by atoms with Crippen molar-refractivity contribution in [3.63, 3.8) is 0 Å². The van der Waals surface area contributed by atoms with E-state index in [2.05, 4.69) is 32.8 Å². The highest BCUT2D eigenvalue weighted by atomic mass is 35.5. The molecule has 1 amide bonds. The van der Waals surface area contributed by atoms with Gasteiger partial charge < -0.3 is 9.80 Å². The molecule has 2 aliphatic rings. The maximum absolute atomic E-state index is 12.1. The number of piperidine rings is 1. The smallest absolute Gasteiger partial charge is 0.314 e. The van der Waals surface area contributed by atoms with Crippen molar-refractivity contribution in [2.75, 3.05) is 43.6 Å². The molecule has 8 nitrogen and oxygen atoms in total. The quantitative estimate of drug-likeness (QED) is 0.653. The summed E-state index contributed by atoms with van der Waals surface area (Å²) >= 11 is 6.28. The maximum atomic E-state index is 12.1. The summed E-state index contributed by atoms with van der Waals surface area (Å²) in [6, 6.07) is 8.25. The lowest BCUT2D eigenvalue weighted by Gasteiger charge is -2.40. The van der Waals surface area contributed by atoms with Gasteiger partial charge in [-0.15, -0.1) is 0 Å². The normalized spacial score (nSPS) is 19.8. The van der Waals surface area contributed by atoms with Gasteiger partial charge in [-0.2, -0.15) is 5.26 Å². The van der Waals surface area contributed by atoms with Crippen molar-refractivity contribution >= 4 is 28.9 Å². The minimum Gasteiger partial charge on any atom is -0.369 e. The zero-order valence-electron chi connectivity index (χ0n) is 18.6. The lowest BCUT2D eigenvalue weighted by molar-refractivity contribution is -0.0764. The molecule has 9 heteroatoms. The number of aromatic nitrogens is 2. The Labute approximate surface area is 193 Å². The third-order valence-electron chi connectivity index (χ3n) is 6.75. The molecule has 2 aromatic rings. The van der Waals surface area contributed by atoms with Gasteiger partial charge in [0.05, 0.1) is 35.8 Å². The molecule has 0 saturated carbocycles. The van der Waals surface area contributed by atoms with Crippen LogP contribution in [0.1, 0.15) is 42.4 Å². The zero-order chi connectivity index (χ0) is 22.9. The number of carbonyl (C=O) groups excluding carboxylic acids is 1. The Morgan fingerprint density at radius 1 is 1.28 bits per heavy atom. The van der Waals surface area contributed by atoms with Gasteiger partial charge in [-0.25, -0.2) is 15.0 Å². The predicted octanol–water partition coefficient (Wildman–Crippen LogP) is 3.52. The number of hydroxylamine groups is 2. The molecule has 1 atom stereocenters. The molecule has 1 spiro atoms. The van der Waals surface area contributed by atoms with Crippen LogP contribution in [0.3, 0.4) is 0 Å². The maximum Gasteiger partial charge on any atom is 0.314 e. The number of anilines is 2. The van der Waals surface area contributed by atoms with Gasteiger partial charge in [-0.3, -0.25) is 9.63 Å². The number of halogens is 1. The average Bonchev–Trinajstić information content (AvgIpc) is 3.14. The lowest BCUT2D eigenvalue weighted by Crippen LogP contribution is -2.41. The largest absolute Gasteiger partial charge is 0.369 e. The summed E-state index contributed by atoms with van der Waals surface area (Å²) in [5.41, 5.74) is 2.77. The second-order valence-electron chi connectivity index (χ2n) is 8.69. The molecule has 168 valence electrons. The van der Waals surface area contributed by atoms with Gasteiger partial charge in [0.2, 0.25) is 5.82 Å². The fourth-order valence-corrected chi connectivity index (χ4v) is 5.07. The molecule has 2 fully saturated rings. The van der Waals surface area contributed by atoms with Crippen LogP contribution >= 0.6 is 11.6 Å². The van der Waals surface area contributed by atoms with Gasteiger partial charge in [-0.1, -0.05) is 11.6 Å². The molecule has 32 heavy (non-hydrogen) atoms. The van der Waals surface area contributed by atoms with Gasteiger partial charge in [0, 0.05) is 38.4 Å². The van der Waals surface area contributed by atoms with Crippen LogP contribution in [0.25, 0.3) is 0 Å². The summed E-state index contributed by atoms with van der Waals surface area (Å²) in [6.07, 6.45) is 6.70. The van der Waals surface area contributed by atoms with Crippen LogP contribution < -0.4 is 9.80 Å². The zero-order valence-corrected chi connectivity index (χ0v) is 19.3. The molecule has 1 aromatic carbocycles. The Morgan fingerprint density at radius 2 is 1.97 bits per heavy atom. The van der Waals surface area contributed by atoms with E-state index in [4.69, 9.17) is 21.7 Å². The van der Waals surface area contributed by atoms with Crippen LogP contribution in [0.2, 0.25) is 5.02 Å².